The number of hydrogen-bond donors (Lipinski definition) is 0. The van der Waals surface area contributed by atoms with Gasteiger partial charge in [0.05, 0.1) is 13.8 Å². The first-order valence-electron chi connectivity index (χ1n) is 7.62. The summed E-state index contributed by atoms with van der Waals surface area (Å²) in [6.07, 6.45) is 4.49. The molecule has 1 aliphatic heterocycles. The molecule has 2 aromatic rings. The number of hydrogen-bond acceptors (Lipinski definition) is 5. The normalized spacial score (nSPS) is 18.3. The van der Waals surface area contributed by atoms with Gasteiger partial charge in [-0.1, -0.05) is 12.1 Å². The van der Waals surface area contributed by atoms with E-state index < -0.39 is 5.97 Å². The number of methoxy groups -OCH3 is 1. The lowest BCUT2D eigenvalue weighted by Gasteiger charge is -2.24. The summed E-state index contributed by atoms with van der Waals surface area (Å²) < 4.78 is 19.6. The van der Waals surface area contributed by atoms with Gasteiger partial charge in [0.25, 0.3) is 5.82 Å². The van der Waals surface area contributed by atoms with Crippen molar-refractivity contribution in [1.82, 2.24) is 19.7 Å². The van der Waals surface area contributed by atoms with Gasteiger partial charge in [-0.3, -0.25) is 4.90 Å². The van der Waals surface area contributed by atoms with E-state index >= 15 is 0 Å². The maximum absolute atomic E-state index is 13.3. The predicted molar refractivity (Wildman–Crippen MR) is 81.2 cm³/mol. The van der Waals surface area contributed by atoms with Crippen LogP contribution in [0.2, 0.25) is 0 Å². The molecule has 122 valence electrons. The maximum Gasteiger partial charge on any atom is 0.377 e. The van der Waals surface area contributed by atoms with E-state index in [0.717, 1.165) is 31.4 Å². The Labute approximate surface area is 133 Å². The number of halogens is 1. The number of benzene rings is 1. The minimum Gasteiger partial charge on any atom is -0.463 e. The Morgan fingerprint density at radius 3 is 3.13 bits per heavy atom. The van der Waals surface area contributed by atoms with E-state index in [-0.39, 0.29) is 11.6 Å². The SMILES string of the molecule is COC(=O)c1ncn(CN2CCC[C@@H]2Cc2cccc(F)c2)n1. The van der Waals surface area contributed by atoms with Crippen molar-refractivity contribution in [2.75, 3.05) is 13.7 Å². The second kappa shape index (κ2) is 6.87. The minimum atomic E-state index is -0.540. The van der Waals surface area contributed by atoms with Gasteiger partial charge in [0.2, 0.25) is 0 Å². The fourth-order valence-electron chi connectivity index (χ4n) is 2.98. The summed E-state index contributed by atoms with van der Waals surface area (Å²) >= 11 is 0. The van der Waals surface area contributed by atoms with Crippen LogP contribution in [0, 0.1) is 5.82 Å². The number of carbonyl (C=O) groups excluding carboxylic acids is 1. The van der Waals surface area contributed by atoms with Gasteiger partial charge in [-0.15, -0.1) is 5.10 Å². The van der Waals surface area contributed by atoms with Crippen LogP contribution in [-0.2, 0) is 17.8 Å². The molecule has 1 saturated heterocycles. The van der Waals surface area contributed by atoms with Crippen LogP contribution < -0.4 is 0 Å². The zero-order valence-electron chi connectivity index (χ0n) is 13.0. The fourth-order valence-corrected chi connectivity index (χ4v) is 2.98. The van der Waals surface area contributed by atoms with Crippen molar-refractivity contribution in [2.24, 2.45) is 0 Å². The molecule has 0 amide bonds. The molecule has 2 heterocycles. The highest BCUT2D eigenvalue weighted by Gasteiger charge is 2.25. The third kappa shape index (κ3) is 3.73. The molecule has 23 heavy (non-hydrogen) atoms. The van der Waals surface area contributed by atoms with Crippen molar-refractivity contribution >= 4 is 5.97 Å². The number of likely N-dealkylation sites (tertiary alicyclic amines) is 1. The van der Waals surface area contributed by atoms with E-state index in [9.17, 15) is 9.18 Å². The number of aromatic nitrogens is 3. The second-order valence-corrected chi connectivity index (χ2v) is 5.68. The van der Waals surface area contributed by atoms with Gasteiger partial charge in [0.1, 0.15) is 12.1 Å². The molecule has 0 radical (unpaired) electrons. The largest absolute Gasteiger partial charge is 0.463 e. The van der Waals surface area contributed by atoms with Gasteiger partial charge in [0.15, 0.2) is 0 Å². The molecular weight excluding hydrogens is 299 g/mol. The Morgan fingerprint density at radius 2 is 2.35 bits per heavy atom. The molecule has 3 rings (SSSR count). The molecular formula is C16H19FN4O2. The Hall–Kier alpha value is -2.28. The Kier molecular flexibility index (Phi) is 4.66. The third-order valence-corrected chi connectivity index (χ3v) is 4.09. The van der Waals surface area contributed by atoms with Crippen LogP contribution in [0.25, 0.3) is 0 Å². The molecule has 1 aromatic heterocycles. The lowest BCUT2D eigenvalue weighted by Crippen LogP contribution is -2.33. The van der Waals surface area contributed by atoms with E-state index in [1.165, 1.54) is 19.5 Å². The van der Waals surface area contributed by atoms with Crippen LogP contribution in [0.5, 0.6) is 0 Å². The number of esters is 1. The Morgan fingerprint density at radius 1 is 1.48 bits per heavy atom. The fraction of sp³-hybridized carbons (Fsp3) is 0.438. The third-order valence-electron chi connectivity index (χ3n) is 4.09. The summed E-state index contributed by atoms with van der Waals surface area (Å²) in [6, 6.07) is 7.07. The smallest absolute Gasteiger partial charge is 0.377 e. The van der Waals surface area contributed by atoms with Crippen LogP contribution in [0.4, 0.5) is 4.39 Å². The van der Waals surface area contributed by atoms with Crippen molar-refractivity contribution in [3.05, 3.63) is 47.8 Å². The highest BCUT2D eigenvalue weighted by Crippen LogP contribution is 2.22. The van der Waals surface area contributed by atoms with Gasteiger partial charge in [-0.25, -0.2) is 18.9 Å². The monoisotopic (exact) mass is 318 g/mol. The second-order valence-electron chi connectivity index (χ2n) is 5.68. The number of carbonyl (C=O) groups is 1. The minimum absolute atomic E-state index is 0.0633. The lowest BCUT2D eigenvalue weighted by atomic mass is 10.0. The molecule has 1 fully saturated rings. The van der Waals surface area contributed by atoms with Crippen molar-refractivity contribution in [2.45, 2.75) is 32.0 Å². The van der Waals surface area contributed by atoms with E-state index in [0.29, 0.717) is 12.7 Å². The average molecular weight is 318 g/mol. The molecule has 0 saturated carbocycles. The van der Waals surface area contributed by atoms with Crippen LogP contribution in [-0.4, -0.2) is 45.3 Å². The molecule has 6 nitrogen and oxygen atoms in total. The zero-order chi connectivity index (χ0) is 16.2. The Bertz CT molecular complexity index is 688. The van der Waals surface area contributed by atoms with E-state index in [1.807, 2.05) is 6.07 Å². The van der Waals surface area contributed by atoms with Crippen molar-refractivity contribution in [3.63, 3.8) is 0 Å². The quantitative estimate of drug-likeness (QED) is 0.788. The highest BCUT2D eigenvalue weighted by molar-refractivity contribution is 5.84. The zero-order valence-corrected chi connectivity index (χ0v) is 13.0. The molecule has 7 heteroatoms. The van der Waals surface area contributed by atoms with Gasteiger partial charge < -0.3 is 4.74 Å². The maximum atomic E-state index is 13.3. The molecule has 1 aromatic carbocycles. The highest BCUT2D eigenvalue weighted by atomic mass is 19.1. The van der Waals surface area contributed by atoms with Crippen molar-refractivity contribution in [3.8, 4) is 0 Å². The first kappa shape index (κ1) is 15.6. The molecule has 0 unspecified atom stereocenters. The lowest BCUT2D eigenvalue weighted by molar-refractivity contribution is 0.0585. The van der Waals surface area contributed by atoms with Crippen LogP contribution in [0.15, 0.2) is 30.6 Å². The number of rotatable bonds is 5. The van der Waals surface area contributed by atoms with Gasteiger partial charge in [-0.05, 0) is 37.0 Å². The first-order chi connectivity index (χ1) is 11.2. The molecule has 0 N–H and O–H groups in total. The van der Waals surface area contributed by atoms with E-state index in [2.05, 4.69) is 19.7 Å². The molecule has 1 atom stereocenters. The van der Waals surface area contributed by atoms with Crippen LogP contribution in [0.3, 0.4) is 0 Å². The summed E-state index contributed by atoms with van der Waals surface area (Å²) in [6.45, 7) is 1.51. The van der Waals surface area contributed by atoms with Crippen molar-refractivity contribution < 1.29 is 13.9 Å². The molecule has 1 aliphatic rings. The van der Waals surface area contributed by atoms with Crippen LogP contribution in [0.1, 0.15) is 29.0 Å². The molecule has 0 aliphatic carbocycles. The predicted octanol–water partition coefficient (Wildman–Crippen LogP) is 1.87. The van der Waals surface area contributed by atoms with Crippen LogP contribution >= 0.6 is 0 Å². The average Bonchev–Trinajstić information content (AvgIpc) is 3.17. The number of ether oxygens (including phenoxy) is 1. The summed E-state index contributed by atoms with van der Waals surface area (Å²) in [4.78, 5) is 17.6. The summed E-state index contributed by atoms with van der Waals surface area (Å²) in [5.41, 5.74) is 0.996. The molecule has 0 spiro atoms. The summed E-state index contributed by atoms with van der Waals surface area (Å²) in [5.74, 6) is -0.680. The van der Waals surface area contributed by atoms with Crippen molar-refractivity contribution in [1.29, 1.82) is 0 Å². The topological polar surface area (TPSA) is 60.2 Å². The van der Waals surface area contributed by atoms with Gasteiger partial charge in [0, 0.05) is 12.6 Å². The first-order valence-corrected chi connectivity index (χ1v) is 7.62. The Balaban J connectivity index is 1.65. The molecule has 0 bridgehead atoms. The standard InChI is InChI=1S/C16H19FN4O2/c1-23-16(22)15-18-10-21(19-15)11-20-7-3-6-14(20)9-12-4-2-5-13(17)8-12/h2,4-5,8,10,14H,3,6-7,9,11H2,1H3/t14-/m1/s1. The van der Waals surface area contributed by atoms with Gasteiger partial charge in [-0.2, -0.15) is 0 Å². The van der Waals surface area contributed by atoms with Gasteiger partial charge >= 0.3 is 5.97 Å². The summed E-state index contributed by atoms with van der Waals surface area (Å²) in [7, 11) is 1.30. The van der Waals surface area contributed by atoms with E-state index in [4.69, 9.17) is 0 Å². The number of nitrogens with zero attached hydrogens (tertiary/aromatic N) is 4. The van der Waals surface area contributed by atoms with E-state index in [1.54, 1.807) is 16.8 Å². The summed E-state index contributed by atoms with van der Waals surface area (Å²) in [5, 5.41) is 4.13.